The van der Waals surface area contributed by atoms with Gasteiger partial charge in [0.15, 0.2) is 11.6 Å². The van der Waals surface area contributed by atoms with Gasteiger partial charge in [-0.1, -0.05) is 31.2 Å². The Kier molecular flexibility index (Phi) is 7.24. The highest BCUT2D eigenvalue weighted by molar-refractivity contribution is 5.93. The van der Waals surface area contributed by atoms with Gasteiger partial charge in [-0.15, -0.1) is 0 Å². The van der Waals surface area contributed by atoms with Gasteiger partial charge in [-0.3, -0.25) is 0 Å². The van der Waals surface area contributed by atoms with Gasteiger partial charge in [0.05, 0.1) is 18.9 Å². The quantitative estimate of drug-likeness (QED) is 0.193. The number of benzene rings is 3. The monoisotopic (exact) mass is 511 g/mol. The van der Waals surface area contributed by atoms with Gasteiger partial charge in [-0.05, 0) is 66.3 Å². The fourth-order valence-electron chi connectivity index (χ4n) is 4.57. The van der Waals surface area contributed by atoms with Crippen LogP contribution >= 0.6 is 0 Å². The van der Waals surface area contributed by atoms with E-state index in [-0.39, 0.29) is 12.4 Å². The molecular formula is C30H30FN5O2. The smallest absolute Gasteiger partial charge is 0.170 e. The van der Waals surface area contributed by atoms with E-state index in [1.807, 2.05) is 68.4 Å². The summed E-state index contributed by atoms with van der Waals surface area (Å²) in [4.78, 5) is 12.2. The van der Waals surface area contributed by atoms with Gasteiger partial charge < -0.3 is 25.9 Å². The zero-order chi connectivity index (χ0) is 26.6. The molecule has 38 heavy (non-hydrogen) atoms. The lowest BCUT2D eigenvalue weighted by Crippen LogP contribution is -2.17. The SMILES string of the molecule is CCOc1cc(CC)cc(C(Nc2ccc3c(N)nccc3c2)c2nc(-c3cccc(CO)c3)c[nH]2)c1F. The summed E-state index contributed by atoms with van der Waals surface area (Å²) in [5.74, 6) is 0.775. The minimum atomic E-state index is -0.646. The molecule has 0 saturated heterocycles. The predicted molar refractivity (Wildman–Crippen MR) is 149 cm³/mol. The zero-order valence-electron chi connectivity index (χ0n) is 21.3. The number of fused-ring (bicyclic) bond motifs is 1. The molecule has 0 bridgehead atoms. The van der Waals surface area contributed by atoms with E-state index < -0.39 is 11.9 Å². The lowest BCUT2D eigenvalue weighted by molar-refractivity contribution is 0.282. The summed E-state index contributed by atoms with van der Waals surface area (Å²) >= 11 is 0. The number of nitrogen functional groups attached to an aromatic ring is 1. The number of aryl methyl sites for hydroxylation is 1. The molecule has 1 atom stereocenters. The van der Waals surface area contributed by atoms with Crippen LogP contribution in [-0.2, 0) is 13.0 Å². The molecule has 2 heterocycles. The number of nitrogens with one attached hydrogen (secondary N) is 2. The van der Waals surface area contributed by atoms with E-state index in [2.05, 4.69) is 15.3 Å². The number of nitrogens with two attached hydrogens (primary N) is 1. The van der Waals surface area contributed by atoms with Crippen LogP contribution in [0.25, 0.3) is 22.0 Å². The molecule has 0 aliphatic heterocycles. The van der Waals surface area contributed by atoms with E-state index in [1.165, 1.54) is 0 Å². The van der Waals surface area contributed by atoms with E-state index in [0.717, 1.165) is 39.6 Å². The number of aliphatic hydroxyl groups excluding tert-OH is 1. The summed E-state index contributed by atoms with van der Waals surface area (Å²) in [6.07, 6.45) is 4.18. The molecule has 5 aromatic rings. The van der Waals surface area contributed by atoms with Gasteiger partial charge >= 0.3 is 0 Å². The molecule has 5 rings (SSSR count). The van der Waals surface area contributed by atoms with Crippen molar-refractivity contribution in [2.24, 2.45) is 0 Å². The fourth-order valence-corrected chi connectivity index (χ4v) is 4.57. The first-order chi connectivity index (χ1) is 18.5. The Labute approximate surface area is 220 Å². The number of rotatable bonds is 9. The number of hydrogen-bond donors (Lipinski definition) is 4. The normalized spacial score (nSPS) is 12.0. The number of halogens is 1. The standard InChI is InChI=1S/C30H30FN5O2/c1-3-18-13-24(27(31)26(14-18)38-4-2)28(35-22-8-9-23-20(15-22)10-11-33-29(23)32)30-34-16-25(36-30)21-7-5-6-19(12-21)17-37/h5-16,28,35,37H,3-4,17H2,1-2H3,(H2,32,33)(H,34,36). The third kappa shape index (κ3) is 5.03. The van der Waals surface area contributed by atoms with E-state index in [1.54, 1.807) is 18.5 Å². The Bertz CT molecular complexity index is 1580. The van der Waals surface area contributed by atoms with E-state index >= 15 is 4.39 Å². The molecule has 0 amide bonds. The van der Waals surface area contributed by atoms with Crippen LogP contribution in [0.15, 0.2) is 73.1 Å². The van der Waals surface area contributed by atoms with Crippen molar-refractivity contribution in [2.75, 3.05) is 17.7 Å². The Morgan fingerprint density at radius 3 is 2.74 bits per heavy atom. The van der Waals surface area contributed by atoms with Gasteiger partial charge in [0.2, 0.25) is 0 Å². The maximum atomic E-state index is 15.9. The van der Waals surface area contributed by atoms with Gasteiger partial charge in [-0.2, -0.15) is 0 Å². The molecule has 194 valence electrons. The van der Waals surface area contributed by atoms with Gasteiger partial charge in [-0.25, -0.2) is 14.4 Å². The topological polar surface area (TPSA) is 109 Å². The molecule has 0 aliphatic rings. The third-order valence-corrected chi connectivity index (χ3v) is 6.53. The number of ether oxygens (including phenoxy) is 1. The van der Waals surface area contributed by atoms with Crippen LogP contribution in [0.5, 0.6) is 5.75 Å². The summed E-state index contributed by atoms with van der Waals surface area (Å²) in [5.41, 5.74) is 10.5. The lowest BCUT2D eigenvalue weighted by atomic mass is 9.99. The minimum absolute atomic E-state index is 0.0630. The van der Waals surface area contributed by atoms with Crippen LogP contribution in [0.1, 0.15) is 42.4 Å². The van der Waals surface area contributed by atoms with Crippen molar-refractivity contribution >= 4 is 22.3 Å². The van der Waals surface area contributed by atoms with Crippen LogP contribution in [0, 0.1) is 5.82 Å². The van der Waals surface area contributed by atoms with Crippen LogP contribution < -0.4 is 15.8 Å². The maximum Gasteiger partial charge on any atom is 0.170 e. The number of aliphatic hydroxyl groups is 1. The highest BCUT2D eigenvalue weighted by Gasteiger charge is 2.25. The first kappa shape index (κ1) is 25.2. The molecule has 3 aromatic carbocycles. The summed E-state index contributed by atoms with van der Waals surface area (Å²) in [7, 11) is 0. The van der Waals surface area contributed by atoms with E-state index in [9.17, 15) is 5.11 Å². The van der Waals surface area contributed by atoms with Crippen molar-refractivity contribution in [2.45, 2.75) is 32.9 Å². The van der Waals surface area contributed by atoms with Crippen molar-refractivity contribution in [3.63, 3.8) is 0 Å². The van der Waals surface area contributed by atoms with Crippen LogP contribution in [0.2, 0.25) is 0 Å². The first-order valence-electron chi connectivity index (χ1n) is 12.6. The third-order valence-electron chi connectivity index (χ3n) is 6.53. The maximum absolute atomic E-state index is 15.9. The van der Waals surface area contributed by atoms with E-state index in [0.29, 0.717) is 29.5 Å². The first-order valence-corrected chi connectivity index (χ1v) is 12.6. The highest BCUT2D eigenvalue weighted by atomic mass is 19.1. The van der Waals surface area contributed by atoms with Crippen molar-refractivity contribution in [1.82, 2.24) is 15.0 Å². The molecule has 5 N–H and O–H groups in total. The largest absolute Gasteiger partial charge is 0.491 e. The fraction of sp³-hybridized carbons (Fsp3) is 0.200. The predicted octanol–water partition coefficient (Wildman–Crippen LogP) is 6.00. The van der Waals surface area contributed by atoms with Crippen LogP contribution in [0.3, 0.4) is 0 Å². The highest BCUT2D eigenvalue weighted by Crippen LogP contribution is 2.35. The second-order valence-electron chi connectivity index (χ2n) is 9.02. The zero-order valence-corrected chi connectivity index (χ0v) is 21.3. The van der Waals surface area contributed by atoms with Crippen molar-refractivity contribution < 1.29 is 14.2 Å². The number of anilines is 2. The van der Waals surface area contributed by atoms with Crippen molar-refractivity contribution in [1.29, 1.82) is 0 Å². The van der Waals surface area contributed by atoms with Gasteiger partial charge in [0.1, 0.15) is 17.7 Å². The molecule has 0 saturated carbocycles. The van der Waals surface area contributed by atoms with Gasteiger partial charge in [0, 0.05) is 34.6 Å². The second-order valence-corrected chi connectivity index (χ2v) is 9.02. The molecule has 0 aliphatic carbocycles. The number of aromatic amines is 1. The van der Waals surface area contributed by atoms with Gasteiger partial charge in [0.25, 0.3) is 0 Å². The molecule has 0 fully saturated rings. The second kappa shape index (κ2) is 10.9. The average molecular weight is 512 g/mol. The number of H-pyrrole nitrogens is 1. The number of pyridine rings is 1. The Balaban J connectivity index is 1.62. The molecule has 8 heteroatoms. The lowest BCUT2D eigenvalue weighted by Gasteiger charge is -2.22. The minimum Gasteiger partial charge on any atom is -0.491 e. The molecule has 0 radical (unpaired) electrons. The van der Waals surface area contributed by atoms with Crippen LogP contribution in [0.4, 0.5) is 15.9 Å². The number of aromatic nitrogens is 3. The Morgan fingerprint density at radius 1 is 1.08 bits per heavy atom. The summed E-state index contributed by atoms with van der Waals surface area (Å²) in [5, 5.41) is 14.8. The number of imidazole rings is 1. The number of hydrogen-bond acceptors (Lipinski definition) is 6. The Morgan fingerprint density at radius 2 is 1.95 bits per heavy atom. The van der Waals surface area contributed by atoms with E-state index in [4.69, 9.17) is 15.5 Å². The molecule has 0 spiro atoms. The Hall–Kier alpha value is -4.43. The average Bonchev–Trinajstić information content (AvgIpc) is 3.43. The number of nitrogens with zero attached hydrogens (tertiary/aromatic N) is 2. The molecule has 7 nitrogen and oxygen atoms in total. The molecular weight excluding hydrogens is 481 g/mol. The molecule has 1 unspecified atom stereocenters. The van der Waals surface area contributed by atoms with Crippen LogP contribution in [-0.4, -0.2) is 26.7 Å². The summed E-state index contributed by atoms with van der Waals surface area (Å²) in [6, 6.07) is 18.1. The van der Waals surface area contributed by atoms with Crippen molar-refractivity contribution in [3.05, 3.63) is 101 Å². The molecule has 2 aromatic heterocycles. The summed E-state index contributed by atoms with van der Waals surface area (Å²) < 4.78 is 21.5. The van der Waals surface area contributed by atoms with Crippen molar-refractivity contribution in [3.8, 4) is 17.0 Å². The summed E-state index contributed by atoms with van der Waals surface area (Å²) in [6.45, 7) is 4.15.